The lowest BCUT2D eigenvalue weighted by Crippen LogP contribution is -2.99. The molecule has 2 fully saturated rings. The molecule has 2 aromatic carbocycles. The van der Waals surface area contributed by atoms with Gasteiger partial charge in [-0.2, -0.15) is 0 Å². The molecular weight excluding hydrogens is 478 g/mol. The molecule has 10 heteroatoms. The van der Waals surface area contributed by atoms with Gasteiger partial charge in [0.2, 0.25) is 0 Å². The van der Waals surface area contributed by atoms with Crippen LogP contribution in [0.15, 0.2) is 36.4 Å². The molecule has 0 radical (unpaired) electrons. The molecule has 7 atom stereocenters. The summed E-state index contributed by atoms with van der Waals surface area (Å²) >= 11 is 24.0. The Labute approximate surface area is 191 Å². The second-order valence-electron chi connectivity index (χ2n) is 7.82. The minimum Gasteiger partial charge on any atom is -0.394 e. The first-order valence-electron chi connectivity index (χ1n) is 9.00. The first-order valence-corrected chi connectivity index (χ1v) is 10.5. The van der Waals surface area contributed by atoms with Gasteiger partial charge in [0.05, 0.1) is 38.7 Å². The standard InChI is InChI=1S/C20H18Cl4O6/c21-10-3-1-8(5-12(10)23)15-17(27)19(29)16(9-2-4-11(22)13(24)6-9)18(28,14(26)7-25)20(15,19)30/h1-6,14-17,25-30H,7H2/t14-,15?,16?,17?,18+,19+,20+/m1/s1. The maximum absolute atomic E-state index is 11.5. The highest BCUT2D eigenvalue weighted by Gasteiger charge is 2.93. The smallest absolute Gasteiger partial charge is 0.138 e. The highest BCUT2D eigenvalue weighted by molar-refractivity contribution is 6.42. The van der Waals surface area contributed by atoms with Crippen molar-refractivity contribution in [1.82, 2.24) is 0 Å². The van der Waals surface area contributed by atoms with Crippen LogP contribution in [0.3, 0.4) is 0 Å². The fraction of sp³-hybridized carbons (Fsp3) is 0.400. The number of rotatable bonds is 4. The molecule has 2 aliphatic carbocycles. The van der Waals surface area contributed by atoms with E-state index in [9.17, 15) is 30.6 Å². The van der Waals surface area contributed by atoms with Crippen molar-refractivity contribution in [2.24, 2.45) is 0 Å². The fourth-order valence-corrected chi connectivity index (χ4v) is 5.83. The lowest BCUT2D eigenvalue weighted by Gasteiger charge is -2.80. The summed E-state index contributed by atoms with van der Waals surface area (Å²) in [7, 11) is 0. The molecule has 2 aliphatic rings. The van der Waals surface area contributed by atoms with Crippen LogP contribution in [0.4, 0.5) is 0 Å². The molecule has 3 unspecified atom stereocenters. The van der Waals surface area contributed by atoms with Gasteiger partial charge < -0.3 is 30.6 Å². The Morgan fingerprint density at radius 1 is 0.833 bits per heavy atom. The SMILES string of the molecule is OC[C@@H](O)[C@]1(O)C(c2ccc(Cl)c(Cl)c2)[C@]2(O)C(O)C(c3ccc(Cl)c(Cl)c3)[C@@]21O. The Morgan fingerprint density at radius 3 is 1.83 bits per heavy atom. The quantitative estimate of drug-likeness (QED) is 0.386. The van der Waals surface area contributed by atoms with Gasteiger partial charge >= 0.3 is 0 Å². The molecule has 2 saturated carbocycles. The summed E-state index contributed by atoms with van der Waals surface area (Å²) < 4.78 is 0. The topological polar surface area (TPSA) is 121 Å². The predicted molar refractivity (Wildman–Crippen MR) is 112 cm³/mol. The summed E-state index contributed by atoms with van der Waals surface area (Å²) in [5.74, 6) is -2.59. The molecule has 6 N–H and O–H groups in total. The van der Waals surface area contributed by atoms with E-state index in [2.05, 4.69) is 0 Å². The zero-order valence-electron chi connectivity index (χ0n) is 15.2. The van der Waals surface area contributed by atoms with Crippen molar-refractivity contribution in [3.05, 3.63) is 67.6 Å². The van der Waals surface area contributed by atoms with Gasteiger partial charge in [-0.1, -0.05) is 58.5 Å². The number of aliphatic hydroxyl groups is 6. The minimum absolute atomic E-state index is 0.115. The molecule has 0 saturated heterocycles. The highest BCUT2D eigenvalue weighted by Crippen LogP contribution is 2.75. The van der Waals surface area contributed by atoms with Crippen LogP contribution in [0, 0.1) is 0 Å². The molecule has 0 heterocycles. The van der Waals surface area contributed by atoms with Gasteiger partial charge in [0.1, 0.15) is 22.9 Å². The predicted octanol–water partition coefficient (Wildman–Crippen LogP) is 2.10. The van der Waals surface area contributed by atoms with Crippen molar-refractivity contribution < 1.29 is 30.6 Å². The normalized spacial score (nSPS) is 38.4. The van der Waals surface area contributed by atoms with Crippen LogP contribution in [0.1, 0.15) is 23.0 Å². The third-order valence-corrected chi connectivity index (χ3v) is 8.06. The van der Waals surface area contributed by atoms with Crippen LogP contribution in [-0.4, -0.2) is 66.3 Å². The van der Waals surface area contributed by atoms with Crippen LogP contribution in [0.25, 0.3) is 0 Å². The monoisotopic (exact) mass is 494 g/mol. The van der Waals surface area contributed by atoms with Crippen LogP contribution < -0.4 is 0 Å². The van der Waals surface area contributed by atoms with Gasteiger partial charge in [-0.15, -0.1) is 0 Å². The molecule has 0 aromatic heterocycles. The molecule has 0 spiro atoms. The van der Waals surface area contributed by atoms with E-state index in [0.717, 1.165) is 0 Å². The number of hydrogen-bond acceptors (Lipinski definition) is 6. The highest BCUT2D eigenvalue weighted by atomic mass is 35.5. The zero-order valence-corrected chi connectivity index (χ0v) is 18.2. The summed E-state index contributed by atoms with van der Waals surface area (Å²) in [5.41, 5.74) is -6.57. The van der Waals surface area contributed by atoms with Gasteiger partial charge in [0.25, 0.3) is 0 Å². The molecule has 4 rings (SSSR count). The third-order valence-electron chi connectivity index (χ3n) is 6.58. The Kier molecular flexibility index (Phi) is 5.40. The second-order valence-corrected chi connectivity index (χ2v) is 9.45. The van der Waals surface area contributed by atoms with Crippen LogP contribution >= 0.6 is 46.4 Å². The molecule has 6 nitrogen and oxygen atoms in total. The number of hydrogen-bond donors (Lipinski definition) is 6. The van der Waals surface area contributed by atoms with E-state index in [0.29, 0.717) is 5.56 Å². The van der Waals surface area contributed by atoms with E-state index in [1.807, 2.05) is 0 Å². The minimum atomic E-state index is -2.43. The van der Waals surface area contributed by atoms with E-state index in [1.165, 1.54) is 36.4 Å². The van der Waals surface area contributed by atoms with Crippen molar-refractivity contribution in [3.8, 4) is 0 Å². The first kappa shape index (κ1) is 22.6. The molecule has 162 valence electrons. The molecule has 30 heavy (non-hydrogen) atoms. The van der Waals surface area contributed by atoms with Crippen molar-refractivity contribution in [2.45, 2.75) is 40.8 Å². The Hall–Kier alpha value is -0.640. The summed E-state index contributed by atoms with van der Waals surface area (Å²) in [4.78, 5) is 0. The van der Waals surface area contributed by atoms with Crippen molar-refractivity contribution in [2.75, 3.05) is 6.61 Å². The largest absolute Gasteiger partial charge is 0.394 e. The lowest BCUT2D eigenvalue weighted by atomic mass is 9.30. The van der Waals surface area contributed by atoms with Gasteiger partial charge in [-0.05, 0) is 35.4 Å². The zero-order chi connectivity index (χ0) is 22.2. The van der Waals surface area contributed by atoms with Gasteiger partial charge in [-0.3, -0.25) is 0 Å². The molecular formula is C20H18Cl4O6. The second kappa shape index (κ2) is 7.18. The third kappa shape index (κ3) is 2.49. The molecule has 2 aromatic rings. The number of halogens is 4. The Morgan fingerprint density at radius 2 is 1.33 bits per heavy atom. The molecule has 0 bridgehead atoms. The summed E-state index contributed by atoms with van der Waals surface area (Å²) in [6.07, 6.45) is -3.38. The van der Waals surface area contributed by atoms with Crippen LogP contribution in [0.2, 0.25) is 20.1 Å². The number of fused-ring (bicyclic) bond motifs is 1. The van der Waals surface area contributed by atoms with E-state index in [-0.39, 0.29) is 25.7 Å². The maximum Gasteiger partial charge on any atom is 0.138 e. The van der Waals surface area contributed by atoms with E-state index in [1.54, 1.807) is 0 Å². The maximum atomic E-state index is 11.5. The molecule has 0 aliphatic heterocycles. The average Bonchev–Trinajstić information content (AvgIpc) is 2.72. The van der Waals surface area contributed by atoms with E-state index in [4.69, 9.17) is 46.4 Å². The summed E-state index contributed by atoms with van der Waals surface area (Å²) in [6.45, 7) is -0.906. The summed E-state index contributed by atoms with van der Waals surface area (Å²) in [5, 5.41) is 65.9. The Bertz CT molecular complexity index is 1020. The number of aliphatic hydroxyl groups excluding tert-OH is 3. The first-order chi connectivity index (χ1) is 14.0. The Balaban J connectivity index is 1.87. The lowest BCUT2D eigenvalue weighted by molar-refractivity contribution is -0.459. The van der Waals surface area contributed by atoms with Gasteiger partial charge in [0.15, 0.2) is 0 Å². The van der Waals surface area contributed by atoms with Crippen LogP contribution in [-0.2, 0) is 0 Å². The average molecular weight is 496 g/mol. The van der Waals surface area contributed by atoms with Gasteiger partial charge in [0, 0.05) is 5.92 Å². The van der Waals surface area contributed by atoms with Crippen molar-refractivity contribution in [3.63, 3.8) is 0 Å². The van der Waals surface area contributed by atoms with Crippen LogP contribution in [0.5, 0.6) is 0 Å². The van der Waals surface area contributed by atoms with E-state index >= 15 is 0 Å². The summed E-state index contributed by atoms with van der Waals surface area (Å²) in [6, 6.07) is 8.56. The van der Waals surface area contributed by atoms with Crippen molar-refractivity contribution in [1.29, 1.82) is 0 Å². The number of benzene rings is 2. The van der Waals surface area contributed by atoms with Crippen molar-refractivity contribution >= 4 is 46.4 Å². The fourth-order valence-electron chi connectivity index (χ4n) is 5.21. The van der Waals surface area contributed by atoms with E-state index < -0.39 is 47.5 Å². The molecule has 0 amide bonds. The van der Waals surface area contributed by atoms with Gasteiger partial charge in [-0.25, -0.2) is 0 Å².